The van der Waals surface area contributed by atoms with Crippen LogP contribution >= 0.6 is 23.2 Å². The quantitative estimate of drug-likeness (QED) is 0.634. The van der Waals surface area contributed by atoms with Crippen molar-refractivity contribution in [3.05, 3.63) is 75.8 Å². The number of carbonyl (C=O) groups is 1. The topological polar surface area (TPSA) is 49.3 Å². The third-order valence-electron chi connectivity index (χ3n) is 6.47. The summed E-state index contributed by atoms with van der Waals surface area (Å²) in [6.45, 7) is 4.15. The molecule has 0 radical (unpaired) electrons. The van der Waals surface area contributed by atoms with Crippen molar-refractivity contribution in [2.75, 3.05) is 0 Å². The number of phenolic OH excluding ortho intramolecular Hbond substituents is 1. The first-order valence-electron chi connectivity index (χ1n) is 9.61. The second-order valence-electron chi connectivity index (χ2n) is 7.85. The number of halogens is 2. The molecule has 146 valence electrons. The van der Waals surface area contributed by atoms with E-state index in [0.717, 1.165) is 17.5 Å². The summed E-state index contributed by atoms with van der Waals surface area (Å²) in [6, 6.07) is 13.0. The highest BCUT2D eigenvalue weighted by molar-refractivity contribution is 6.31. The molecule has 2 aliphatic rings. The number of carbonyl (C=O) groups excluding carboxylic acids is 1. The zero-order valence-corrected chi connectivity index (χ0v) is 17.3. The van der Waals surface area contributed by atoms with Gasteiger partial charge in [0.25, 0.3) is 0 Å². The van der Waals surface area contributed by atoms with Crippen LogP contribution in [0.25, 0.3) is 0 Å². The zero-order valence-electron chi connectivity index (χ0n) is 15.8. The molecule has 5 atom stereocenters. The maximum atomic E-state index is 12.9. The molecule has 28 heavy (non-hydrogen) atoms. The van der Waals surface area contributed by atoms with E-state index in [1.165, 1.54) is 0 Å². The van der Waals surface area contributed by atoms with Crippen LogP contribution in [0.5, 0.6) is 5.75 Å². The van der Waals surface area contributed by atoms with Crippen molar-refractivity contribution in [3.63, 3.8) is 0 Å². The Kier molecular flexibility index (Phi) is 4.93. The van der Waals surface area contributed by atoms with Crippen LogP contribution in [0.3, 0.4) is 0 Å². The predicted octanol–water partition coefficient (Wildman–Crippen LogP) is 5.67. The van der Waals surface area contributed by atoms with Gasteiger partial charge in [-0.2, -0.15) is 0 Å². The maximum Gasteiger partial charge on any atom is 0.230 e. The van der Waals surface area contributed by atoms with Crippen molar-refractivity contribution in [2.45, 2.75) is 38.1 Å². The second kappa shape index (κ2) is 7.13. The summed E-state index contributed by atoms with van der Waals surface area (Å²) in [5, 5.41) is 14.2. The van der Waals surface area contributed by atoms with E-state index >= 15 is 0 Å². The van der Waals surface area contributed by atoms with Crippen LogP contribution in [-0.4, -0.2) is 17.1 Å². The minimum absolute atomic E-state index is 0.00546. The molecule has 0 bridgehead atoms. The van der Waals surface area contributed by atoms with Crippen LogP contribution in [0.15, 0.2) is 54.6 Å². The Morgan fingerprint density at radius 2 is 1.86 bits per heavy atom. The van der Waals surface area contributed by atoms with Gasteiger partial charge in [0.15, 0.2) is 0 Å². The number of hydrogen-bond donors (Lipinski definition) is 2. The summed E-state index contributed by atoms with van der Waals surface area (Å²) in [5.74, 6) is 0.377. The van der Waals surface area contributed by atoms with E-state index in [1.54, 1.807) is 12.1 Å². The summed E-state index contributed by atoms with van der Waals surface area (Å²) in [7, 11) is 0. The van der Waals surface area contributed by atoms with Crippen LogP contribution < -0.4 is 5.32 Å². The van der Waals surface area contributed by atoms with E-state index in [4.69, 9.17) is 23.2 Å². The SMILES string of the molecule is CCC12C=C[C@@H](c3ccc(O)cc3Cl)[C@H](c3ccc(Cl)cc3)[C@@H]1[C@@H](C)NC2=O. The molecule has 5 heteroatoms. The van der Waals surface area contributed by atoms with Gasteiger partial charge < -0.3 is 10.4 Å². The number of benzene rings is 2. The van der Waals surface area contributed by atoms with Gasteiger partial charge in [-0.05, 0) is 48.7 Å². The smallest absolute Gasteiger partial charge is 0.230 e. The fourth-order valence-corrected chi connectivity index (χ4v) is 5.59. The largest absolute Gasteiger partial charge is 0.508 e. The minimum atomic E-state index is -0.524. The van der Waals surface area contributed by atoms with Gasteiger partial charge in [-0.3, -0.25) is 4.79 Å². The Morgan fingerprint density at radius 1 is 1.14 bits per heavy atom. The monoisotopic (exact) mass is 415 g/mol. The van der Waals surface area contributed by atoms with Crippen LogP contribution in [0, 0.1) is 11.3 Å². The van der Waals surface area contributed by atoms with Crippen molar-refractivity contribution in [1.29, 1.82) is 0 Å². The lowest BCUT2D eigenvalue weighted by molar-refractivity contribution is -0.127. The van der Waals surface area contributed by atoms with Gasteiger partial charge in [0.1, 0.15) is 5.75 Å². The van der Waals surface area contributed by atoms with Crippen molar-refractivity contribution in [1.82, 2.24) is 5.32 Å². The Hall–Kier alpha value is -1.97. The van der Waals surface area contributed by atoms with Gasteiger partial charge in [0.2, 0.25) is 5.91 Å². The molecule has 1 aliphatic carbocycles. The Labute approximate surface area is 175 Å². The molecule has 2 aromatic carbocycles. The Morgan fingerprint density at radius 3 is 2.50 bits per heavy atom. The standard InChI is InChI=1S/C23H23Cl2NO2/c1-3-23-11-10-18(17-9-8-16(27)12-19(17)25)20(14-4-6-15(24)7-5-14)21(23)13(2)26-22(23)28/h4-13,18,20-21,27H,3H2,1-2H3,(H,26,28)/t13-,18+,20+,21+,23?/m1/s1. The molecular weight excluding hydrogens is 393 g/mol. The number of aromatic hydroxyl groups is 1. The summed E-state index contributed by atoms with van der Waals surface area (Å²) in [5.41, 5.74) is 1.56. The minimum Gasteiger partial charge on any atom is -0.508 e. The van der Waals surface area contributed by atoms with Crippen molar-refractivity contribution in [3.8, 4) is 5.75 Å². The first-order chi connectivity index (χ1) is 13.4. The molecule has 0 aromatic heterocycles. The van der Waals surface area contributed by atoms with E-state index in [2.05, 4.69) is 31.3 Å². The van der Waals surface area contributed by atoms with Gasteiger partial charge in [0.05, 0.1) is 5.41 Å². The van der Waals surface area contributed by atoms with Crippen molar-refractivity contribution >= 4 is 29.1 Å². The van der Waals surface area contributed by atoms with Crippen LogP contribution in [0.2, 0.25) is 10.0 Å². The van der Waals surface area contributed by atoms with Crippen molar-refractivity contribution in [2.24, 2.45) is 11.3 Å². The molecule has 1 unspecified atom stereocenters. The normalized spacial score (nSPS) is 31.5. The van der Waals surface area contributed by atoms with E-state index in [-0.39, 0.29) is 35.5 Å². The Bertz CT molecular complexity index is 940. The van der Waals surface area contributed by atoms with Crippen molar-refractivity contribution < 1.29 is 9.90 Å². The Balaban J connectivity index is 1.92. The van der Waals surface area contributed by atoms with E-state index < -0.39 is 5.41 Å². The fourth-order valence-electron chi connectivity index (χ4n) is 5.16. The van der Waals surface area contributed by atoms with E-state index in [1.807, 2.05) is 30.3 Å². The number of phenols is 1. The highest BCUT2D eigenvalue weighted by atomic mass is 35.5. The number of hydrogen-bond acceptors (Lipinski definition) is 2. The van der Waals surface area contributed by atoms with Gasteiger partial charge in [-0.25, -0.2) is 0 Å². The lowest BCUT2D eigenvalue weighted by Crippen LogP contribution is -2.41. The molecule has 0 spiro atoms. The summed E-state index contributed by atoms with van der Waals surface area (Å²) < 4.78 is 0. The number of nitrogens with one attached hydrogen (secondary N) is 1. The molecule has 1 heterocycles. The first-order valence-corrected chi connectivity index (χ1v) is 10.4. The molecule has 1 fully saturated rings. The summed E-state index contributed by atoms with van der Waals surface area (Å²) in [6.07, 6.45) is 4.94. The molecule has 2 N–H and O–H groups in total. The molecule has 2 aromatic rings. The lowest BCUT2D eigenvalue weighted by Gasteiger charge is -2.44. The van der Waals surface area contributed by atoms with E-state index in [0.29, 0.717) is 10.0 Å². The average molecular weight is 416 g/mol. The fraction of sp³-hybridized carbons (Fsp3) is 0.348. The third-order valence-corrected chi connectivity index (χ3v) is 7.05. The molecule has 0 saturated carbocycles. The molecule has 3 nitrogen and oxygen atoms in total. The predicted molar refractivity (Wildman–Crippen MR) is 113 cm³/mol. The van der Waals surface area contributed by atoms with Gasteiger partial charge >= 0.3 is 0 Å². The molecule has 1 aliphatic heterocycles. The zero-order chi connectivity index (χ0) is 20.1. The maximum absolute atomic E-state index is 12.9. The third kappa shape index (κ3) is 2.92. The first kappa shape index (κ1) is 19.4. The summed E-state index contributed by atoms with van der Waals surface area (Å²) in [4.78, 5) is 12.9. The average Bonchev–Trinajstić information content (AvgIpc) is 2.93. The highest BCUT2D eigenvalue weighted by Crippen LogP contribution is 2.57. The lowest BCUT2D eigenvalue weighted by atomic mass is 9.57. The number of fused-ring (bicyclic) bond motifs is 1. The van der Waals surface area contributed by atoms with E-state index in [9.17, 15) is 9.90 Å². The molecular formula is C23H23Cl2NO2. The highest BCUT2D eigenvalue weighted by Gasteiger charge is 2.57. The second-order valence-corrected chi connectivity index (χ2v) is 8.69. The van der Waals surface area contributed by atoms with Gasteiger partial charge in [-0.15, -0.1) is 0 Å². The number of allylic oxidation sites excluding steroid dienone is 1. The number of rotatable bonds is 3. The molecule has 1 saturated heterocycles. The van der Waals surface area contributed by atoms with Gasteiger partial charge in [-0.1, -0.05) is 60.5 Å². The molecule has 4 rings (SSSR count). The number of amides is 1. The van der Waals surface area contributed by atoms with Crippen LogP contribution in [0.1, 0.15) is 43.2 Å². The van der Waals surface area contributed by atoms with Crippen LogP contribution in [-0.2, 0) is 4.79 Å². The summed E-state index contributed by atoms with van der Waals surface area (Å²) >= 11 is 12.7. The van der Waals surface area contributed by atoms with Crippen LogP contribution in [0.4, 0.5) is 0 Å². The van der Waals surface area contributed by atoms with Gasteiger partial charge in [0, 0.05) is 33.8 Å². The molecule has 1 amide bonds.